The first-order chi connectivity index (χ1) is 9.14. The third kappa shape index (κ3) is 1.35. The molecule has 1 spiro atoms. The second-order valence-electron chi connectivity index (χ2n) is 7.05. The van der Waals surface area contributed by atoms with E-state index in [1.54, 1.807) is 0 Å². The zero-order valence-corrected chi connectivity index (χ0v) is 11.6. The second kappa shape index (κ2) is 3.85. The average Bonchev–Trinajstić information content (AvgIpc) is 2.56. The van der Waals surface area contributed by atoms with Crippen molar-refractivity contribution in [1.29, 1.82) is 0 Å². The summed E-state index contributed by atoms with van der Waals surface area (Å²) in [6.07, 6.45) is 6.77. The van der Waals surface area contributed by atoms with Gasteiger partial charge in [-0.25, -0.2) is 0 Å². The summed E-state index contributed by atoms with van der Waals surface area (Å²) in [5.74, 6) is 1.45. The van der Waals surface area contributed by atoms with Crippen LogP contribution in [0.25, 0.3) is 0 Å². The molecule has 0 aromatic heterocycles. The minimum atomic E-state index is -0.304. The number of carbonyl (C=O) groups is 1. The van der Waals surface area contributed by atoms with E-state index in [2.05, 4.69) is 17.9 Å². The molecule has 2 aliphatic heterocycles. The van der Waals surface area contributed by atoms with Gasteiger partial charge in [0, 0.05) is 36.5 Å². The first-order valence-electron chi connectivity index (χ1n) is 7.82. The van der Waals surface area contributed by atoms with E-state index in [0.29, 0.717) is 24.0 Å². The number of hydrogen-bond donors (Lipinski definition) is 1. The summed E-state index contributed by atoms with van der Waals surface area (Å²) in [5.41, 5.74) is 1.13. The number of carbonyl (C=O) groups excluding carboxylic acids is 1. The molecule has 19 heavy (non-hydrogen) atoms. The van der Waals surface area contributed by atoms with E-state index in [-0.39, 0.29) is 17.4 Å². The largest absolute Gasteiger partial charge is 0.392 e. The molecule has 1 saturated carbocycles. The SMILES string of the molecule is C[C@H]1C=C2N3CCC[C@@H]4C(=O)C[C@H](C1)C24[C@@H](O)CC3. The number of nitrogens with zero attached hydrogens (tertiary/aromatic N) is 1. The maximum atomic E-state index is 12.5. The van der Waals surface area contributed by atoms with Crippen molar-refractivity contribution >= 4 is 5.78 Å². The first kappa shape index (κ1) is 12.0. The molecule has 0 radical (unpaired) electrons. The number of Topliss-reactive ketones (excluding diaryl/α,β-unsaturated/α-hetero) is 1. The van der Waals surface area contributed by atoms with Crippen LogP contribution in [-0.4, -0.2) is 35.0 Å². The van der Waals surface area contributed by atoms with Crippen molar-refractivity contribution in [3.05, 3.63) is 11.8 Å². The van der Waals surface area contributed by atoms with Gasteiger partial charge in [-0.15, -0.1) is 0 Å². The summed E-state index contributed by atoms with van der Waals surface area (Å²) in [6.45, 7) is 4.30. The standard InChI is InChI=1S/C16H23NO2/c1-10-7-11-9-13(18)12-3-2-5-17-6-4-15(19)16(11,12)14(17)8-10/h8,10-12,15,19H,2-7,9H2,1H3/t10-,11+,12-,15+,16?/m1/s1. The van der Waals surface area contributed by atoms with Crippen molar-refractivity contribution in [2.75, 3.05) is 13.1 Å². The van der Waals surface area contributed by atoms with Crippen LogP contribution in [0.15, 0.2) is 11.8 Å². The van der Waals surface area contributed by atoms with Gasteiger partial charge in [0.05, 0.1) is 6.10 Å². The van der Waals surface area contributed by atoms with E-state index in [0.717, 1.165) is 38.8 Å². The molecule has 0 aromatic carbocycles. The van der Waals surface area contributed by atoms with Gasteiger partial charge in [-0.2, -0.15) is 0 Å². The normalized spacial score (nSPS) is 48.6. The van der Waals surface area contributed by atoms with Crippen LogP contribution in [0.4, 0.5) is 0 Å². The molecule has 5 atom stereocenters. The predicted molar refractivity (Wildman–Crippen MR) is 72.3 cm³/mol. The van der Waals surface area contributed by atoms with E-state index in [1.807, 2.05) is 0 Å². The zero-order chi connectivity index (χ0) is 13.2. The average molecular weight is 261 g/mol. The first-order valence-corrected chi connectivity index (χ1v) is 7.82. The van der Waals surface area contributed by atoms with Crippen LogP contribution in [0.1, 0.15) is 39.0 Å². The van der Waals surface area contributed by atoms with Crippen molar-refractivity contribution < 1.29 is 9.90 Å². The van der Waals surface area contributed by atoms with Gasteiger partial charge in [0.25, 0.3) is 0 Å². The Morgan fingerprint density at radius 2 is 2.21 bits per heavy atom. The number of hydrogen-bond acceptors (Lipinski definition) is 3. The fraction of sp³-hybridized carbons (Fsp3) is 0.812. The van der Waals surface area contributed by atoms with Gasteiger partial charge in [-0.05, 0) is 37.5 Å². The molecular weight excluding hydrogens is 238 g/mol. The van der Waals surface area contributed by atoms with Crippen molar-refractivity contribution in [1.82, 2.24) is 4.90 Å². The molecular formula is C16H23NO2. The van der Waals surface area contributed by atoms with E-state index in [9.17, 15) is 9.90 Å². The Kier molecular flexibility index (Phi) is 2.42. The Hall–Kier alpha value is -0.830. The van der Waals surface area contributed by atoms with Crippen LogP contribution < -0.4 is 0 Å². The Morgan fingerprint density at radius 1 is 1.37 bits per heavy atom. The molecule has 104 valence electrons. The van der Waals surface area contributed by atoms with Crippen LogP contribution in [-0.2, 0) is 4.79 Å². The van der Waals surface area contributed by atoms with Crippen molar-refractivity contribution in [2.45, 2.75) is 45.1 Å². The van der Waals surface area contributed by atoms with E-state index in [1.165, 1.54) is 5.70 Å². The Bertz CT molecular complexity index is 458. The highest BCUT2D eigenvalue weighted by Crippen LogP contribution is 2.62. The summed E-state index contributed by atoms with van der Waals surface area (Å²) < 4.78 is 0. The lowest BCUT2D eigenvalue weighted by Gasteiger charge is -2.53. The molecule has 2 bridgehead atoms. The quantitative estimate of drug-likeness (QED) is 0.724. The number of piperidine rings is 1. The van der Waals surface area contributed by atoms with Gasteiger partial charge >= 0.3 is 0 Å². The van der Waals surface area contributed by atoms with Gasteiger partial charge in [0.2, 0.25) is 0 Å². The zero-order valence-electron chi connectivity index (χ0n) is 11.6. The number of allylic oxidation sites excluding steroid dienone is 1. The van der Waals surface area contributed by atoms with E-state index < -0.39 is 0 Å². The van der Waals surface area contributed by atoms with Gasteiger partial charge in [0.15, 0.2) is 0 Å². The minimum Gasteiger partial charge on any atom is -0.392 e. The highest BCUT2D eigenvalue weighted by Gasteiger charge is 2.64. The molecule has 4 aliphatic rings. The Morgan fingerprint density at radius 3 is 3.05 bits per heavy atom. The van der Waals surface area contributed by atoms with Crippen LogP contribution in [0, 0.1) is 23.2 Å². The van der Waals surface area contributed by atoms with Gasteiger partial charge < -0.3 is 10.0 Å². The number of rotatable bonds is 0. The number of ketones is 1. The molecule has 2 aliphatic carbocycles. The van der Waals surface area contributed by atoms with E-state index in [4.69, 9.17) is 0 Å². The maximum absolute atomic E-state index is 12.5. The minimum absolute atomic E-state index is 0.0940. The summed E-state index contributed by atoms with van der Waals surface area (Å²) >= 11 is 0. The van der Waals surface area contributed by atoms with Crippen LogP contribution >= 0.6 is 0 Å². The molecule has 2 saturated heterocycles. The fourth-order valence-electron chi connectivity index (χ4n) is 5.51. The summed E-state index contributed by atoms with van der Waals surface area (Å²) in [4.78, 5) is 15.0. The van der Waals surface area contributed by atoms with Gasteiger partial charge in [-0.3, -0.25) is 4.79 Å². The highest BCUT2D eigenvalue weighted by molar-refractivity contribution is 5.86. The molecule has 3 nitrogen and oxygen atoms in total. The summed E-state index contributed by atoms with van der Waals surface area (Å²) in [7, 11) is 0. The van der Waals surface area contributed by atoms with Gasteiger partial charge in [-0.1, -0.05) is 13.0 Å². The lowest BCUT2D eigenvalue weighted by molar-refractivity contribution is -0.125. The third-order valence-corrected chi connectivity index (χ3v) is 6.12. The lowest BCUT2D eigenvalue weighted by Crippen LogP contribution is -2.55. The molecule has 3 heteroatoms. The molecule has 3 fully saturated rings. The molecule has 1 N–H and O–H groups in total. The van der Waals surface area contributed by atoms with Crippen molar-refractivity contribution in [3.8, 4) is 0 Å². The monoisotopic (exact) mass is 261 g/mol. The van der Waals surface area contributed by atoms with Crippen LogP contribution in [0.5, 0.6) is 0 Å². The summed E-state index contributed by atoms with van der Waals surface area (Å²) in [6, 6.07) is 0. The number of aliphatic hydroxyl groups excluding tert-OH is 1. The summed E-state index contributed by atoms with van der Waals surface area (Å²) in [5, 5.41) is 10.8. The fourth-order valence-corrected chi connectivity index (χ4v) is 5.51. The third-order valence-electron chi connectivity index (χ3n) is 6.12. The van der Waals surface area contributed by atoms with Crippen molar-refractivity contribution in [3.63, 3.8) is 0 Å². The Labute approximate surface area is 114 Å². The van der Waals surface area contributed by atoms with Gasteiger partial charge in [0.1, 0.15) is 5.78 Å². The molecule has 1 unspecified atom stereocenters. The topological polar surface area (TPSA) is 40.5 Å². The molecule has 0 amide bonds. The molecule has 2 heterocycles. The predicted octanol–water partition coefficient (Wildman–Crippen LogP) is 1.96. The maximum Gasteiger partial charge on any atom is 0.137 e. The van der Waals surface area contributed by atoms with Crippen LogP contribution in [0.2, 0.25) is 0 Å². The highest BCUT2D eigenvalue weighted by atomic mass is 16.3. The second-order valence-corrected chi connectivity index (χ2v) is 7.05. The number of aliphatic hydroxyl groups is 1. The smallest absolute Gasteiger partial charge is 0.137 e. The van der Waals surface area contributed by atoms with Crippen molar-refractivity contribution in [2.24, 2.45) is 23.2 Å². The molecule has 0 aromatic rings. The van der Waals surface area contributed by atoms with Crippen LogP contribution in [0.3, 0.4) is 0 Å². The molecule has 4 rings (SSSR count). The Balaban J connectivity index is 1.94. The van der Waals surface area contributed by atoms with E-state index >= 15 is 0 Å². The lowest BCUT2D eigenvalue weighted by atomic mass is 9.58.